The lowest BCUT2D eigenvalue weighted by Crippen LogP contribution is -2.34. The highest BCUT2D eigenvalue weighted by Crippen LogP contribution is 2.40. The summed E-state index contributed by atoms with van der Waals surface area (Å²) in [6.07, 6.45) is 3.86. The molecule has 0 saturated heterocycles. The highest BCUT2D eigenvalue weighted by atomic mass is 32.2. The molecule has 0 bridgehead atoms. The normalized spacial score (nSPS) is 14.5. The Balaban J connectivity index is 1.97. The molecule has 39 heavy (non-hydrogen) atoms. The fourth-order valence-corrected chi connectivity index (χ4v) is 5.15. The second-order valence-corrected chi connectivity index (χ2v) is 10.2. The van der Waals surface area contributed by atoms with Crippen LogP contribution in [0.3, 0.4) is 0 Å². The molecule has 3 rings (SSSR count). The molecular weight excluding hydrogens is 518 g/mol. The summed E-state index contributed by atoms with van der Waals surface area (Å²) in [5.74, 6) is 1.87. The molecule has 2 heterocycles. The number of aromatic nitrogens is 3. The number of rotatable bonds is 15. The van der Waals surface area contributed by atoms with Gasteiger partial charge in [-0.15, -0.1) is 5.10 Å². The van der Waals surface area contributed by atoms with Crippen LogP contribution in [0.15, 0.2) is 34.6 Å². The molecule has 0 fully saturated rings. The number of anilines is 1. The van der Waals surface area contributed by atoms with Crippen LogP contribution in [0.25, 0.3) is 0 Å². The summed E-state index contributed by atoms with van der Waals surface area (Å²) in [4.78, 5) is 32.2. The average Bonchev–Trinajstić information content (AvgIpc) is 3.34. The van der Waals surface area contributed by atoms with E-state index >= 15 is 0 Å². The molecule has 2 aromatic rings. The first-order chi connectivity index (χ1) is 18.9. The minimum Gasteiger partial charge on any atom is -0.493 e. The van der Waals surface area contributed by atoms with Gasteiger partial charge < -0.3 is 24.4 Å². The lowest BCUT2D eigenvalue weighted by molar-refractivity contribution is -0.139. The number of thioether (sulfide) groups is 1. The van der Waals surface area contributed by atoms with Crippen molar-refractivity contribution in [3.63, 3.8) is 0 Å². The van der Waals surface area contributed by atoms with Gasteiger partial charge in [-0.3, -0.25) is 4.79 Å². The summed E-state index contributed by atoms with van der Waals surface area (Å²) in [6.45, 7) is 11.4. The van der Waals surface area contributed by atoms with Crippen molar-refractivity contribution in [2.45, 2.75) is 71.5 Å². The second kappa shape index (κ2) is 14.8. The minimum absolute atomic E-state index is 0.0929. The maximum absolute atomic E-state index is 13.3. The molecule has 1 amide bonds. The van der Waals surface area contributed by atoms with Crippen molar-refractivity contribution >= 4 is 29.6 Å². The van der Waals surface area contributed by atoms with Crippen LogP contribution in [0.5, 0.6) is 11.5 Å². The molecule has 0 spiro atoms. The standard InChI is InChI=1S/C28H41N5O5S/c1-7-11-15-37-26(35)24-19(5)29-27-30-28(39-16-12-8-2)31-33(27)25(24)20-13-14-21(22(17-20)36-6)38-18-23(34)32(9-3)10-4/h13-14,17,25H,7-12,15-16,18H2,1-6H3,(H,29,30,31). The molecule has 1 aliphatic rings. The van der Waals surface area contributed by atoms with Gasteiger partial charge in [-0.25, -0.2) is 9.48 Å². The van der Waals surface area contributed by atoms with Crippen molar-refractivity contribution in [1.29, 1.82) is 0 Å². The van der Waals surface area contributed by atoms with Crippen molar-refractivity contribution in [2.24, 2.45) is 0 Å². The van der Waals surface area contributed by atoms with Crippen LogP contribution < -0.4 is 14.8 Å². The number of ether oxygens (including phenoxy) is 3. The highest BCUT2D eigenvalue weighted by molar-refractivity contribution is 7.99. The first kappa shape index (κ1) is 30.3. The molecule has 0 radical (unpaired) electrons. The van der Waals surface area contributed by atoms with E-state index in [1.165, 1.54) is 0 Å². The van der Waals surface area contributed by atoms with Crippen LogP contribution in [-0.2, 0) is 14.3 Å². The number of carbonyl (C=O) groups is 2. The fraction of sp³-hybridized carbons (Fsp3) is 0.571. The molecule has 1 aromatic carbocycles. The summed E-state index contributed by atoms with van der Waals surface area (Å²) in [5.41, 5.74) is 1.88. The Morgan fingerprint density at radius 1 is 1.10 bits per heavy atom. The van der Waals surface area contributed by atoms with Crippen LogP contribution in [0.1, 0.15) is 71.9 Å². The quantitative estimate of drug-likeness (QED) is 0.182. The number of methoxy groups -OCH3 is 1. The molecule has 0 saturated carbocycles. The van der Waals surface area contributed by atoms with Crippen LogP contribution in [0.4, 0.5) is 5.95 Å². The van der Waals surface area contributed by atoms with Gasteiger partial charge in [-0.2, -0.15) is 4.98 Å². The topological polar surface area (TPSA) is 108 Å². The van der Waals surface area contributed by atoms with Crippen molar-refractivity contribution in [3.05, 3.63) is 35.0 Å². The van der Waals surface area contributed by atoms with Crippen LogP contribution >= 0.6 is 11.8 Å². The van der Waals surface area contributed by atoms with E-state index in [0.717, 1.165) is 37.0 Å². The van der Waals surface area contributed by atoms with Crippen molar-refractivity contribution < 1.29 is 23.8 Å². The number of hydrogen-bond donors (Lipinski definition) is 1. The van der Waals surface area contributed by atoms with E-state index in [2.05, 4.69) is 17.2 Å². The van der Waals surface area contributed by atoms with E-state index in [-0.39, 0.29) is 12.5 Å². The number of nitrogens with zero attached hydrogens (tertiary/aromatic N) is 4. The molecule has 1 aromatic heterocycles. The number of carbonyl (C=O) groups excluding carboxylic acids is 2. The van der Waals surface area contributed by atoms with E-state index in [1.54, 1.807) is 34.5 Å². The summed E-state index contributed by atoms with van der Waals surface area (Å²) < 4.78 is 18.8. The minimum atomic E-state index is -0.580. The number of nitrogens with one attached hydrogen (secondary N) is 1. The molecule has 1 N–H and O–H groups in total. The van der Waals surface area contributed by atoms with E-state index in [1.807, 2.05) is 39.8 Å². The lowest BCUT2D eigenvalue weighted by Gasteiger charge is -2.28. The van der Waals surface area contributed by atoms with Crippen molar-refractivity contribution in [1.82, 2.24) is 19.7 Å². The maximum Gasteiger partial charge on any atom is 0.338 e. The highest BCUT2D eigenvalue weighted by Gasteiger charge is 2.36. The van der Waals surface area contributed by atoms with E-state index in [4.69, 9.17) is 19.3 Å². The molecule has 1 atom stereocenters. The Morgan fingerprint density at radius 3 is 2.51 bits per heavy atom. The Morgan fingerprint density at radius 2 is 1.85 bits per heavy atom. The number of likely N-dealkylation sites (N-methyl/N-ethyl adjacent to an activating group) is 1. The van der Waals surface area contributed by atoms with E-state index in [0.29, 0.717) is 53.6 Å². The monoisotopic (exact) mass is 559 g/mol. The zero-order chi connectivity index (χ0) is 28.4. The third-order valence-corrected chi connectivity index (χ3v) is 7.41. The molecule has 1 unspecified atom stereocenters. The predicted octanol–water partition coefficient (Wildman–Crippen LogP) is 5.06. The first-order valence-electron chi connectivity index (χ1n) is 13.7. The Labute approximate surface area is 235 Å². The third-order valence-electron chi connectivity index (χ3n) is 6.48. The molecule has 1 aliphatic heterocycles. The van der Waals surface area contributed by atoms with E-state index in [9.17, 15) is 9.59 Å². The largest absolute Gasteiger partial charge is 0.493 e. The second-order valence-electron chi connectivity index (χ2n) is 9.19. The molecule has 214 valence electrons. The smallest absolute Gasteiger partial charge is 0.338 e. The lowest BCUT2D eigenvalue weighted by atomic mass is 9.95. The Bertz CT molecular complexity index is 1160. The van der Waals surface area contributed by atoms with E-state index < -0.39 is 12.0 Å². The van der Waals surface area contributed by atoms with Gasteiger partial charge in [0.1, 0.15) is 6.04 Å². The Hall–Kier alpha value is -3.21. The zero-order valence-corrected chi connectivity index (χ0v) is 24.7. The molecule has 11 heteroatoms. The number of hydrogen-bond acceptors (Lipinski definition) is 9. The third kappa shape index (κ3) is 7.46. The number of fused-ring (bicyclic) bond motifs is 1. The van der Waals surface area contributed by atoms with Gasteiger partial charge in [0.25, 0.3) is 5.91 Å². The predicted molar refractivity (Wildman–Crippen MR) is 152 cm³/mol. The number of benzene rings is 1. The number of amides is 1. The van der Waals surface area contributed by atoms with Gasteiger partial charge >= 0.3 is 5.97 Å². The number of allylic oxidation sites excluding steroid dienone is 1. The average molecular weight is 560 g/mol. The van der Waals surface area contributed by atoms with Gasteiger partial charge in [0.15, 0.2) is 18.1 Å². The fourth-order valence-electron chi connectivity index (χ4n) is 4.24. The van der Waals surface area contributed by atoms with Gasteiger partial charge in [0, 0.05) is 24.5 Å². The number of esters is 1. The summed E-state index contributed by atoms with van der Waals surface area (Å²) in [5, 5.41) is 8.65. The van der Waals surface area contributed by atoms with Crippen LogP contribution in [0.2, 0.25) is 0 Å². The van der Waals surface area contributed by atoms with Crippen LogP contribution in [0, 0.1) is 0 Å². The SMILES string of the molecule is CCCCOC(=O)C1=C(C)Nc2nc(SCCCC)nn2C1c1ccc(OCC(=O)N(CC)CC)c(OC)c1. The van der Waals surface area contributed by atoms with Gasteiger partial charge in [0.05, 0.1) is 19.3 Å². The maximum atomic E-state index is 13.3. The van der Waals surface area contributed by atoms with Gasteiger partial charge in [-0.05, 0) is 51.3 Å². The number of unbranched alkanes of at least 4 members (excludes halogenated alkanes) is 2. The van der Waals surface area contributed by atoms with Gasteiger partial charge in [0.2, 0.25) is 11.1 Å². The van der Waals surface area contributed by atoms with Gasteiger partial charge in [-0.1, -0.05) is 44.5 Å². The van der Waals surface area contributed by atoms with Crippen LogP contribution in [-0.4, -0.2) is 70.7 Å². The Kier molecular flexibility index (Phi) is 11.5. The molecule has 10 nitrogen and oxygen atoms in total. The molecule has 0 aliphatic carbocycles. The summed E-state index contributed by atoms with van der Waals surface area (Å²) in [7, 11) is 1.55. The summed E-state index contributed by atoms with van der Waals surface area (Å²) in [6, 6.07) is 4.85. The van der Waals surface area contributed by atoms with Crippen molar-refractivity contribution in [3.8, 4) is 11.5 Å². The zero-order valence-electron chi connectivity index (χ0n) is 23.9. The first-order valence-corrected chi connectivity index (χ1v) is 14.7. The molecular formula is C28H41N5O5S. The summed E-state index contributed by atoms with van der Waals surface area (Å²) >= 11 is 1.59. The van der Waals surface area contributed by atoms with Crippen molar-refractivity contribution in [2.75, 3.05) is 44.5 Å².